The third kappa shape index (κ3) is 3.71. The largest absolute Gasteiger partial charge is 0.480 e. The van der Waals surface area contributed by atoms with Gasteiger partial charge in [-0.25, -0.2) is 4.79 Å². The van der Waals surface area contributed by atoms with Crippen molar-refractivity contribution in [2.75, 3.05) is 0 Å². The van der Waals surface area contributed by atoms with Gasteiger partial charge in [-0.1, -0.05) is 25.4 Å². The molecule has 0 spiro atoms. The molecular weight excluding hydrogens is 321 g/mol. The van der Waals surface area contributed by atoms with Crippen LogP contribution in [-0.4, -0.2) is 23.0 Å². The van der Waals surface area contributed by atoms with Crippen molar-refractivity contribution >= 4 is 39.4 Å². The van der Waals surface area contributed by atoms with Crippen LogP contribution >= 0.6 is 27.5 Å². The molecule has 6 heteroatoms. The number of carbonyl (C=O) groups is 2. The zero-order valence-corrected chi connectivity index (χ0v) is 12.2. The van der Waals surface area contributed by atoms with Crippen LogP contribution in [0.25, 0.3) is 0 Å². The number of nitrogens with one attached hydrogen (secondary N) is 1. The maximum absolute atomic E-state index is 11.9. The standard InChI is InChI=1S/C12H13BrClNO3/c1-6(2)10(12(17)18)15-11(16)7-3-4-8(13)9(14)5-7/h3-6,10H,1-2H3,(H,15,16)(H,17,18)/t10-/m1/s1. The minimum Gasteiger partial charge on any atom is -0.480 e. The van der Waals surface area contributed by atoms with Gasteiger partial charge in [0.2, 0.25) is 0 Å². The van der Waals surface area contributed by atoms with Crippen molar-refractivity contribution in [1.82, 2.24) is 5.32 Å². The van der Waals surface area contributed by atoms with E-state index in [1.54, 1.807) is 26.0 Å². The number of aliphatic carboxylic acids is 1. The van der Waals surface area contributed by atoms with E-state index in [1.165, 1.54) is 6.07 Å². The molecule has 1 rings (SSSR count). The molecule has 0 bridgehead atoms. The Morgan fingerprint density at radius 1 is 1.39 bits per heavy atom. The lowest BCUT2D eigenvalue weighted by atomic mass is 10.0. The molecule has 4 nitrogen and oxygen atoms in total. The number of hydrogen-bond donors (Lipinski definition) is 2. The van der Waals surface area contributed by atoms with Gasteiger partial charge in [0.05, 0.1) is 5.02 Å². The lowest BCUT2D eigenvalue weighted by Crippen LogP contribution is -2.44. The Morgan fingerprint density at radius 2 is 2.00 bits per heavy atom. The molecule has 0 aliphatic carbocycles. The van der Waals surface area contributed by atoms with E-state index in [1.807, 2.05) is 0 Å². The summed E-state index contributed by atoms with van der Waals surface area (Å²) in [5, 5.41) is 11.9. The molecule has 0 fully saturated rings. The lowest BCUT2D eigenvalue weighted by molar-refractivity contribution is -0.140. The second kappa shape index (κ2) is 6.20. The molecule has 0 saturated heterocycles. The van der Waals surface area contributed by atoms with Crippen LogP contribution in [0.4, 0.5) is 0 Å². The molecule has 0 aliphatic heterocycles. The van der Waals surface area contributed by atoms with Crippen LogP contribution in [0.3, 0.4) is 0 Å². The number of carbonyl (C=O) groups excluding carboxylic acids is 1. The van der Waals surface area contributed by atoms with Gasteiger partial charge in [-0.05, 0) is 40.0 Å². The van der Waals surface area contributed by atoms with E-state index in [0.29, 0.717) is 15.1 Å². The second-order valence-corrected chi connectivity index (χ2v) is 5.42. The van der Waals surface area contributed by atoms with Crippen LogP contribution in [0.1, 0.15) is 24.2 Å². The topological polar surface area (TPSA) is 66.4 Å². The third-order valence-corrected chi connectivity index (χ3v) is 3.63. The van der Waals surface area contributed by atoms with Gasteiger partial charge in [0.15, 0.2) is 0 Å². The summed E-state index contributed by atoms with van der Waals surface area (Å²) in [5.74, 6) is -1.70. The molecule has 2 N–H and O–H groups in total. The predicted octanol–water partition coefficient (Wildman–Crippen LogP) is 2.94. The van der Waals surface area contributed by atoms with Crippen molar-refractivity contribution in [3.8, 4) is 0 Å². The number of hydrogen-bond acceptors (Lipinski definition) is 2. The molecule has 0 saturated carbocycles. The fourth-order valence-electron chi connectivity index (χ4n) is 1.38. The Bertz CT molecular complexity index is 476. The quantitative estimate of drug-likeness (QED) is 0.889. The van der Waals surface area contributed by atoms with Crippen LogP contribution in [0, 0.1) is 5.92 Å². The van der Waals surface area contributed by atoms with E-state index >= 15 is 0 Å². The molecular formula is C12H13BrClNO3. The Hall–Kier alpha value is -1.07. The number of carboxylic acid groups (broad SMARTS) is 1. The van der Waals surface area contributed by atoms with Crippen molar-refractivity contribution in [1.29, 1.82) is 0 Å². The summed E-state index contributed by atoms with van der Waals surface area (Å²) in [7, 11) is 0. The maximum atomic E-state index is 11.9. The first-order valence-electron chi connectivity index (χ1n) is 5.31. The van der Waals surface area contributed by atoms with Crippen LogP contribution in [-0.2, 0) is 4.79 Å². The van der Waals surface area contributed by atoms with Crippen molar-refractivity contribution in [3.63, 3.8) is 0 Å². The molecule has 0 heterocycles. The molecule has 18 heavy (non-hydrogen) atoms. The number of halogens is 2. The van der Waals surface area contributed by atoms with E-state index in [-0.39, 0.29) is 5.92 Å². The SMILES string of the molecule is CC(C)[C@@H](NC(=O)c1ccc(Br)c(Cl)c1)C(=O)O. The smallest absolute Gasteiger partial charge is 0.326 e. The van der Waals surface area contributed by atoms with E-state index in [2.05, 4.69) is 21.2 Å². The van der Waals surface area contributed by atoms with E-state index in [0.717, 1.165) is 0 Å². The normalized spacial score (nSPS) is 12.3. The highest BCUT2D eigenvalue weighted by Gasteiger charge is 2.24. The zero-order chi connectivity index (χ0) is 13.9. The molecule has 98 valence electrons. The zero-order valence-electron chi connectivity index (χ0n) is 9.91. The maximum Gasteiger partial charge on any atom is 0.326 e. The van der Waals surface area contributed by atoms with Gasteiger partial charge in [-0.2, -0.15) is 0 Å². The summed E-state index contributed by atoms with van der Waals surface area (Å²) in [4.78, 5) is 22.9. The van der Waals surface area contributed by atoms with E-state index < -0.39 is 17.9 Å². The summed E-state index contributed by atoms with van der Waals surface area (Å²) in [6, 6.07) is 3.78. The number of amides is 1. The first-order valence-corrected chi connectivity index (χ1v) is 6.48. The highest BCUT2D eigenvalue weighted by atomic mass is 79.9. The van der Waals surface area contributed by atoms with Crippen molar-refractivity contribution in [2.45, 2.75) is 19.9 Å². The average molecular weight is 335 g/mol. The molecule has 1 aromatic rings. The summed E-state index contributed by atoms with van der Waals surface area (Å²) in [6.07, 6.45) is 0. The number of carboxylic acids is 1. The summed E-state index contributed by atoms with van der Waals surface area (Å²) < 4.78 is 0.680. The first kappa shape index (κ1) is 15.0. The molecule has 1 atom stereocenters. The Kier molecular flexibility index (Phi) is 5.16. The van der Waals surface area contributed by atoms with Gasteiger partial charge in [-0.3, -0.25) is 4.79 Å². The lowest BCUT2D eigenvalue weighted by Gasteiger charge is -2.17. The highest BCUT2D eigenvalue weighted by molar-refractivity contribution is 9.10. The molecule has 0 radical (unpaired) electrons. The van der Waals surface area contributed by atoms with Crippen molar-refractivity contribution in [3.05, 3.63) is 33.3 Å². The Morgan fingerprint density at radius 3 is 2.44 bits per heavy atom. The van der Waals surface area contributed by atoms with Gasteiger partial charge in [0.1, 0.15) is 6.04 Å². The van der Waals surface area contributed by atoms with Crippen LogP contribution < -0.4 is 5.32 Å². The second-order valence-electron chi connectivity index (χ2n) is 4.16. The van der Waals surface area contributed by atoms with Crippen LogP contribution in [0.5, 0.6) is 0 Å². The average Bonchev–Trinajstić information content (AvgIpc) is 2.28. The first-order chi connectivity index (χ1) is 8.32. The minimum atomic E-state index is -1.05. The Labute approximate surface area is 118 Å². The van der Waals surface area contributed by atoms with Gasteiger partial charge < -0.3 is 10.4 Å². The Balaban J connectivity index is 2.87. The number of benzene rings is 1. The van der Waals surface area contributed by atoms with Gasteiger partial charge >= 0.3 is 5.97 Å². The summed E-state index contributed by atoms with van der Waals surface area (Å²) in [6.45, 7) is 3.46. The van der Waals surface area contributed by atoms with Gasteiger partial charge in [0.25, 0.3) is 5.91 Å². The fourth-order valence-corrected chi connectivity index (χ4v) is 1.80. The van der Waals surface area contributed by atoms with E-state index in [9.17, 15) is 9.59 Å². The van der Waals surface area contributed by atoms with Crippen LogP contribution in [0.2, 0.25) is 5.02 Å². The third-order valence-electron chi connectivity index (χ3n) is 2.40. The summed E-state index contributed by atoms with van der Waals surface area (Å²) >= 11 is 9.09. The highest BCUT2D eigenvalue weighted by Crippen LogP contribution is 2.23. The van der Waals surface area contributed by atoms with Gasteiger partial charge in [-0.15, -0.1) is 0 Å². The van der Waals surface area contributed by atoms with Gasteiger partial charge in [0, 0.05) is 10.0 Å². The van der Waals surface area contributed by atoms with Crippen molar-refractivity contribution in [2.24, 2.45) is 5.92 Å². The van der Waals surface area contributed by atoms with Crippen LogP contribution in [0.15, 0.2) is 22.7 Å². The minimum absolute atomic E-state index is 0.197. The molecule has 1 aromatic carbocycles. The van der Waals surface area contributed by atoms with Crippen molar-refractivity contribution < 1.29 is 14.7 Å². The molecule has 0 aliphatic rings. The fraction of sp³-hybridized carbons (Fsp3) is 0.333. The monoisotopic (exact) mass is 333 g/mol. The predicted molar refractivity (Wildman–Crippen MR) is 72.9 cm³/mol. The molecule has 1 amide bonds. The van der Waals surface area contributed by atoms with E-state index in [4.69, 9.17) is 16.7 Å². The summed E-state index contributed by atoms with van der Waals surface area (Å²) in [5.41, 5.74) is 0.329. The number of rotatable bonds is 4. The molecule has 0 unspecified atom stereocenters. The molecule has 0 aromatic heterocycles.